The number of aryl methyl sites for hydroxylation is 1. The molecule has 7 heteroatoms. The second-order valence-corrected chi connectivity index (χ2v) is 6.93. The molecule has 1 atom stereocenters. The number of amides is 2. The lowest BCUT2D eigenvalue weighted by Gasteiger charge is -2.24. The Bertz CT molecular complexity index is 718. The Balaban J connectivity index is 1.75. The van der Waals surface area contributed by atoms with Gasteiger partial charge in [-0.1, -0.05) is 6.07 Å². The summed E-state index contributed by atoms with van der Waals surface area (Å²) >= 11 is 0. The fraction of sp³-hybridized carbons (Fsp3) is 0.529. The number of rotatable bonds is 2. The van der Waals surface area contributed by atoms with Crippen molar-refractivity contribution in [3.8, 4) is 0 Å². The topological polar surface area (TPSA) is 83.8 Å². The van der Waals surface area contributed by atoms with Gasteiger partial charge in [-0.2, -0.15) is 0 Å². The SMILES string of the molecule is CC(=O)N1CCC2(CCN(C(=O)c3ccc(C)c([N+](=O)[O-])c3)C2)C1. The Labute approximate surface area is 140 Å². The molecule has 2 aliphatic heterocycles. The van der Waals surface area contributed by atoms with Crippen molar-refractivity contribution in [1.29, 1.82) is 0 Å². The van der Waals surface area contributed by atoms with Gasteiger partial charge < -0.3 is 9.80 Å². The molecule has 0 aromatic heterocycles. The molecule has 2 saturated heterocycles. The van der Waals surface area contributed by atoms with Gasteiger partial charge in [0.2, 0.25) is 5.91 Å². The zero-order chi connectivity index (χ0) is 17.5. The first-order valence-corrected chi connectivity index (χ1v) is 8.11. The van der Waals surface area contributed by atoms with Crippen molar-refractivity contribution in [1.82, 2.24) is 9.80 Å². The lowest BCUT2D eigenvalue weighted by atomic mass is 9.86. The normalized spacial score (nSPS) is 23.1. The van der Waals surface area contributed by atoms with Gasteiger partial charge in [-0.25, -0.2) is 0 Å². The first-order valence-electron chi connectivity index (χ1n) is 8.11. The van der Waals surface area contributed by atoms with E-state index in [0.717, 1.165) is 19.4 Å². The zero-order valence-corrected chi connectivity index (χ0v) is 13.9. The average molecular weight is 331 g/mol. The molecule has 2 aliphatic rings. The van der Waals surface area contributed by atoms with Gasteiger partial charge in [0.1, 0.15) is 0 Å². The Morgan fingerprint density at radius 1 is 1.17 bits per heavy atom. The third-order valence-electron chi connectivity index (χ3n) is 5.26. The van der Waals surface area contributed by atoms with Crippen molar-refractivity contribution in [3.63, 3.8) is 0 Å². The first-order chi connectivity index (χ1) is 11.3. The van der Waals surface area contributed by atoms with Crippen molar-refractivity contribution >= 4 is 17.5 Å². The summed E-state index contributed by atoms with van der Waals surface area (Å²) in [4.78, 5) is 38.5. The quantitative estimate of drug-likeness (QED) is 0.613. The van der Waals surface area contributed by atoms with Gasteiger partial charge in [0.25, 0.3) is 11.6 Å². The van der Waals surface area contributed by atoms with Gasteiger partial charge in [-0.05, 0) is 25.8 Å². The van der Waals surface area contributed by atoms with Crippen LogP contribution in [-0.2, 0) is 4.79 Å². The van der Waals surface area contributed by atoms with Crippen LogP contribution in [0.3, 0.4) is 0 Å². The number of hydrogen-bond acceptors (Lipinski definition) is 4. The number of nitrogens with zero attached hydrogens (tertiary/aromatic N) is 3. The van der Waals surface area contributed by atoms with Gasteiger partial charge >= 0.3 is 0 Å². The van der Waals surface area contributed by atoms with Crippen molar-refractivity contribution in [2.75, 3.05) is 26.2 Å². The lowest BCUT2D eigenvalue weighted by molar-refractivity contribution is -0.385. The molecule has 2 fully saturated rings. The van der Waals surface area contributed by atoms with Crippen LogP contribution >= 0.6 is 0 Å². The molecule has 3 rings (SSSR count). The molecule has 2 heterocycles. The Kier molecular flexibility index (Phi) is 4.03. The van der Waals surface area contributed by atoms with Gasteiger partial charge in [-0.3, -0.25) is 19.7 Å². The van der Waals surface area contributed by atoms with Crippen LogP contribution in [-0.4, -0.2) is 52.7 Å². The maximum atomic E-state index is 12.7. The summed E-state index contributed by atoms with van der Waals surface area (Å²) in [6.07, 6.45) is 1.78. The molecule has 1 spiro atoms. The van der Waals surface area contributed by atoms with Gasteiger partial charge in [0.05, 0.1) is 4.92 Å². The second kappa shape index (κ2) is 5.89. The smallest absolute Gasteiger partial charge is 0.273 e. The molecule has 0 bridgehead atoms. The van der Waals surface area contributed by atoms with E-state index in [1.807, 2.05) is 4.90 Å². The highest BCUT2D eigenvalue weighted by Gasteiger charge is 2.45. The highest BCUT2D eigenvalue weighted by Crippen LogP contribution is 2.40. The van der Waals surface area contributed by atoms with Gasteiger partial charge in [0.15, 0.2) is 0 Å². The molecule has 0 saturated carbocycles. The minimum absolute atomic E-state index is 0.0159. The van der Waals surface area contributed by atoms with Crippen LogP contribution in [0.4, 0.5) is 5.69 Å². The van der Waals surface area contributed by atoms with E-state index in [1.165, 1.54) is 6.07 Å². The predicted molar refractivity (Wildman–Crippen MR) is 87.7 cm³/mol. The predicted octanol–water partition coefficient (Wildman–Crippen LogP) is 1.99. The maximum absolute atomic E-state index is 12.7. The summed E-state index contributed by atoms with van der Waals surface area (Å²) in [7, 11) is 0. The number of carbonyl (C=O) groups excluding carboxylic acids is 2. The minimum atomic E-state index is -0.459. The van der Waals surface area contributed by atoms with E-state index in [9.17, 15) is 19.7 Å². The molecule has 0 N–H and O–H groups in total. The number of nitro groups is 1. The van der Waals surface area contributed by atoms with Crippen LogP contribution < -0.4 is 0 Å². The summed E-state index contributed by atoms with van der Waals surface area (Å²) in [5, 5.41) is 11.1. The van der Waals surface area contributed by atoms with E-state index >= 15 is 0 Å². The number of hydrogen-bond donors (Lipinski definition) is 0. The van der Waals surface area contributed by atoms with Crippen LogP contribution in [0.2, 0.25) is 0 Å². The molecule has 7 nitrogen and oxygen atoms in total. The standard InChI is InChI=1S/C17H21N3O4/c1-12-3-4-14(9-15(12)20(23)24)16(22)19-8-6-17(11-19)5-7-18(10-17)13(2)21/h3-4,9H,5-8,10-11H2,1-2H3. The van der Waals surface area contributed by atoms with Crippen molar-refractivity contribution < 1.29 is 14.5 Å². The molecular weight excluding hydrogens is 310 g/mol. The summed E-state index contributed by atoms with van der Waals surface area (Å²) in [6, 6.07) is 4.62. The van der Waals surface area contributed by atoms with E-state index < -0.39 is 4.92 Å². The molecule has 24 heavy (non-hydrogen) atoms. The molecule has 2 amide bonds. The van der Waals surface area contributed by atoms with E-state index in [-0.39, 0.29) is 22.9 Å². The third-order valence-corrected chi connectivity index (χ3v) is 5.26. The lowest BCUT2D eigenvalue weighted by Crippen LogP contribution is -2.35. The largest absolute Gasteiger partial charge is 0.342 e. The Morgan fingerprint density at radius 3 is 2.38 bits per heavy atom. The van der Waals surface area contributed by atoms with Crippen LogP contribution in [0.15, 0.2) is 18.2 Å². The highest BCUT2D eigenvalue weighted by molar-refractivity contribution is 5.95. The Morgan fingerprint density at radius 2 is 1.79 bits per heavy atom. The van der Waals surface area contributed by atoms with Crippen LogP contribution in [0.5, 0.6) is 0 Å². The fourth-order valence-electron chi connectivity index (χ4n) is 3.77. The number of benzene rings is 1. The number of carbonyl (C=O) groups is 2. The summed E-state index contributed by atoms with van der Waals surface area (Å²) in [6.45, 7) is 5.91. The number of nitro benzene ring substituents is 1. The second-order valence-electron chi connectivity index (χ2n) is 6.93. The van der Waals surface area contributed by atoms with E-state index in [2.05, 4.69) is 0 Å². The van der Waals surface area contributed by atoms with Gasteiger partial charge in [0, 0.05) is 55.7 Å². The number of likely N-dealkylation sites (tertiary alicyclic amines) is 2. The van der Waals surface area contributed by atoms with E-state index in [1.54, 1.807) is 30.9 Å². The maximum Gasteiger partial charge on any atom is 0.273 e. The third kappa shape index (κ3) is 2.86. The van der Waals surface area contributed by atoms with Crippen LogP contribution in [0, 0.1) is 22.5 Å². The molecule has 0 radical (unpaired) electrons. The molecular formula is C17H21N3O4. The summed E-state index contributed by atoms with van der Waals surface area (Å²) < 4.78 is 0. The fourth-order valence-corrected chi connectivity index (χ4v) is 3.77. The molecule has 1 aromatic carbocycles. The molecule has 1 unspecified atom stereocenters. The highest BCUT2D eigenvalue weighted by atomic mass is 16.6. The monoisotopic (exact) mass is 331 g/mol. The van der Waals surface area contributed by atoms with Gasteiger partial charge in [-0.15, -0.1) is 0 Å². The minimum Gasteiger partial charge on any atom is -0.342 e. The van der Waals surface area contributed by atoms with Crippen LogP contribution in [0.25, 0.3) is 0 Å². The van der Waals surface area contributed by atoms with Crippen molar-refractivity contribution in [2.45, 2.75) is 26.7 Å². The van der Waals surface area contributed by atoms with Crippen molar-refractivity contribution in [2.24, 2.45) is 5.41 Å². The molecule has 0 aliphatic carbocycles. The molecule has 1 aromatic rings. The van der Waals surface area contributed by atoms with E-state index in [0.29, 0.717) is 30.8 Å². The van der Waals surface area contributed by atoms with E-state index in [4.69, 9.17) is 0 Å². The summed E-state index contributed by atoms with van der Waals surface area (Å²) in [5.41, 5.74) is 0.851. The first kappa shape index (κ1) is 16.4. The van der Waals surface area contributed by atoms with Crippen molar-refractivity contribution in [3.05, 3.63) is 39.4 Å². The zero-order valence-electron chi connectivity index (χ0n) is 13.9. The Hall–Kier alpha value is -2.44. The average Bonchev–Trinajstić information content (AvgIpc) is 3.14. The summed E-state index contributed by atoms with van der Waals surface area (Å²) in [5.74, 6) is -0.0953. The van der Waals surface area contributed by atoms with Crippen LogP contribution in [0.1, 0.15) is 35.7 Å². The molecule has 128 valence electrons.